The predicted octanol–water partition coefficient (Wildman–Crippen LogP) is 2.22. The van der Waals surface area contributed by atoms with Gasteiger partial charge in [-0.25, -0.2) is 0 Å². The van der Waals surface area contributed by atoms with Crippen molar-refractivity contribution in [2.24, 2.45) is 10.9 Å². The van der Waals surface area contributed by atoms with Crippen molar-refractivity contribution >= 4 is 5.96 Å². The van der Waals surface area contributed by atoms with Crippen molar-refractivity contribution < 1.29 is 9.47 Å². The van der Waals surface area contributed by atoms with Crippen LogP contribution >= 0.6 is 0 Å². The highest BCUT2D eigenvalue weighted by molar-refractivity contribution is 5.79. The first-order valence-corrected chi connectivity index (χ1v) is 8.47. The first-order chi connectivity index (χ1) is 11.3. The number of methoxy groups -OCH3 is 1. The minimum Gasteiger partial charge on any atom is -0.497 e. The summed E-state index contributed by atoms with van der Waals surface area (Å²) in [6, 6.07) is 8.16. The van der Waals surface area contributed by atoms with E-state index in [1.807, 2.05) is 12.1 Å². The largest absolute Gasteiger partial charge is 0.497 e. The molecule has 1 fully saturated rings. The van der Waals surface area contributed by atoms with Crippen LogP contribution < -0.4 is 15.4 Å². The maximum atomic E-state index is 5.62. The van der Waals surface area contributed by atoms with E-state index in [9.17, 15) is 0 Å². The topological polar surface area (TPSA) is 54.9 Å². The molecule has 1 aromatic carbocycles. The first-order valence-electron chi connectivity index (χ1n) is 8.47. The average molecular weight is 319 g/mol. The minimum atomic E-state index is 0.826. The molecule has 0 spiro atoms. The Bertz CT molecular complexity index is 470. The Hall–Kier alpha value is -1.75. The maximum absolute atomic E-state index is 5.62. The molecular formula is C18H29N3O2. The molecule has 0 aliphatic heterocycles. The molecule has 0 radical (unpaired) electrons. The van der Waals surface area contributed by atoms with Gasteiger partial charge in [-0.05, 0) is 49.3 Å². The number of hydrogen-bond donors (Lipinski definition) is 2. The van der Waals surface area contributed by atoms with Crippen LogP contribution in [0, 0.1) is 5.92 Å². The number of ether oxygens (including phenoxy) is 2. The smallest absolute Gasteiger partial charge is 0.190 e. The van der Waals surface area contributed by atoms with E-state index in [0.29, 0.717) is 0 Å². The highest BCUT2D eigenvalue weighted by Gasteiger charge is 2.20. The number of benzene rings is 1. The molecule has 0 amide bonds. The van der Waals surface area contributed by atoms with Gasteiger partial charge in [-0.1, -0.05) is 12.1 Å². The summed E-state index contributed by atoms with van der Waals surface area (Å²) >= 11 is 0. The van der Waals surface area contributed by atoms with Crippen LogP contribution in [-0.2, 0) is 11.2 Å². The van der Waals surface area contributed by atoms with E-state index in [0.717, 1.165) is 56.8 Å². The quantitative estimate of drug-likeness (QED) is 0.394. The van der Waals surface area contributed by atoms with Crippen molar-refractivity contribution in [1.29, 1.82) is 0 Å². The number of aliphatic imine (C=N–C) groups is 1. The molecular weight excluding hydrogens is 290 g/mol. The van der Waals surface area contributed by atoms with Crippen LogP contribution in [0.3, 0.4) is 0 Å². The van der Waals surface area contributed by atoms with E-state index in [4.69, 9.17) is 9.47 Å². The SMILES string of the molecule is CN=C(NCCCOCC1CC1)NCCc1ccc(OC)cc1. The van der Waals surface area contributed by atoms with Crippen molar-refractivity contribution in [3.05, 3.63) is 29.8 Å². The molecule has 1 aromatic rings. The average Bonchev–Trinajstić information content (AvgIpc) is 3.41. The minimum absolute atomic E-state index is 0.826. The molecule has 2 rings (SSSR count). The van der Waals surface area contributed by atoms with Gasteiger partial charge in [-0.3, -0.25) is 4.99 Å². The van der Waals surface area contributed by atoms with Crippen molar-refractivity contribution in [1.82, 2.24) is 10.6 Å². The van der Waals surface area contributed by atoms with Crippen LogP contribution in [-0.4, -0.2) is 46.4 Å². The van der Waals surface area contributed by atoms with Gasteiger partial charge >= 0.3 is 0 Å². The molecule has 0 aromatic heterocycles. The molecule has 0 bridgehead atoms. The fourth-order valence-electron chi connectivity index (χ4n) is 2.25. The van der Waals surface area contributed by atoms with Gasteiger partial charge in [-0.2, -0.15) is 0 Å². The number of nitrogens with one attached hydrogen (secondary N) is 2. The summed E-state index contributed by atoms with van der Waals surface area (Å²) in [5.74, 6) is 2.58. The van der Waals surface area contributed by atoms with E-state index in [1.165, 1.54) is 18.4 Å². The van der Waals surface area contributed by atoms with Gasteiger partial charge in [0.15, 0.2) is 5.96 Å². The summed E-state index contributed by atoms with van der Waals surface area (Å²) in [6.45, 7) is 3.50. The Morgan fingerprint density at radius 2 is 1.91 bits per heavy atom. The zero-order valence-electron chi connectivity index (χ0n) is 14.3. The van der Waals surface area contributed by atoms with E-state index >= 15 is 0 Å². The van der Waals surface area contributed by atoms with Crippen LogP contribution in [0.2, 0.25) is 0 Å². The van der Waals surface area contributed by atoms with E-state index in [-0.39, 0.29) is 0 Å². The summed E-state index contributed by atoms with van der Waals surface area (Å²) in [7, 11) is 3.48. The Balaban J connectivity index is 1.53. The fourth-order valence-corrected chi connectivity index (χ4v) is 2.25. The zero-order chi connectivity index (χ0) is 16.3. The van der Waals surface area contributed by atoms with Gasteiger partial charge in [0.2, 0.25) is 0 Å². The molecule has 1 saturated carbocycles. The van der Waals surface area contributed by atoms with Gasteiger partial charge in [0.05, 0.1) is 7.11 Å². The third-order valence-electron chi connectivity index (χ3n) is 3.90. The Labute approximate surface area is 139 Å². The molecule has 2 N–H and O–H groups in total. The molecule has 23 heavy (non-hydrogen) atoms. The maximum Gasteiger partial charge on any atom is 0.190 e. The lowest BCUT2D eigenvalue weighted by atomic mass is 10.1. The summed E-state index contributed by atoms with van der Waals surface area (Å²) in [5.41, 5.74) is 1.28. The molecule has 128 valence electrons. The number of hydrogen-bond acceptors (Lipinski definition) is 3. The predicted molar refractivity (Wildman–Crippen MR) is 94.2 cm³/mol. The second kappa shape index (κ2) is 10.1. The Kier molecular flexibility index (Phi) is 7.73. The standard InChI is InChI=1S/C18H29N3O2/c1-19-18(20-11-3-13-23-14-16-4-5-16)21-12-10-15-6-8-17(22-2)9-7-15/h6-9,16H,3-5,10-14H2,1-2H3,(H2,19,20,21). The zero-order valence-corrected chi connectivity index (χ0v) is 14.3. The lowest BCUT2D eigenvalue weighted by Crippen LogP contribution is -2.39. The summed E-state index contributed by atoms with van der Waals surface area (Å²) < 4.78 is 10.8. The normalized spacial score (nSPS) is 14.6. The van der Waals surface area contributed by atoms with Gasteiger partial charge in [0.1, 0.15) is 5.75 Å². The Morgan fingerprint density at radius 1 is 1.17 bits per heavy atom. The van der Waals surface area contributed by atoms with Gasteiger partial charge in [-0.15, -0.1) is 0 Å². The van der Waals surface area contributed by atoms with E-state index in [1.54, 1.807) is 14.2 Å². The molecule has 0 atom stereocenters. The second-order valence-corrected chi connectivity index (χ2v) is 5.90. The van der Waals surface area contributed by atoms with Crippen molar-refractivity contribution in [2.75, 3.05) is 40.5 Å². The van der Waals surface area contributed by atoms with E-state index < -0.39 is 0 Å². The molecule has 0 heterocycles. The fraction of sp³-hybridized carbons (Fsp3) is 0.611. The second-order valence-electron chi connectivity index (χ2n) is 5.90. The third-order valence-corrected chi connectivity index (χ3v) is 3.90. The van der Waals surface area contributed by atoms with Crippen LogP contribution in [0.4, 0.5) is 0 Å². The molecule has 5 heteroatoms. The number of guanidine groups is 1. The van der Waals surface area contributed by atoms with Crippen LogP contribution in [0.15, 0.2) is 29.3 Å². The number of nitrogens with zero attached hydrogens (tertiary/aromatic N) is 1. The number of rotatable bonds is 10. The molecule has 1 aliphatic rings. The van der Waals surface area contributed by atoms with Crippen molar-refractivity contribution in [3.63, 3.8) is 0 Å². The van der Waals surface area contributed by atoms with Gasteiger partial charge in [0.25, 0.3) is 0 Å². The molecule has 0 unspecified atom stereocenters. The van der Waals surface area contributed by atoms with Crippen molar-refractivity contribution in [2.45, 2.75) is 25.7 Å². The monoisotopic (exact) mass is 319 g/mol. The van der Waals surface area contributed by atoms with Crippen LogP contribution in [0.25, 0.3) is 0 Å². The molecule has 1 aliphatic carbocycles. The van der Waals surface area contributed by atoms with Gasteiger partial charge in [0, 0.05) is 33.4 Å². The highest BCUT2D eigenvalue weighted by Crippen LogP contribution is 2.28. The van der Waals surface area contributed by atoms with Crippen LogP contribution in [0.1, 0.15) is 24.8 Å². The lowest BCUT2D eigenvalue weighted by Gasteiger charge is -2.12. The molecule has 5 nitrogen and oxygen atoms in total. The Morgan fingerprint density at radius 3 is 2.57 bits per heavy atom. The summed E-state index contributed by atoms with van der Waals surface area (Å²) in [4.78, 5) is 4.24. The van der Waals surface area contributed by atoms with Gasteiger partial charge < -0.3 is 20.1 Å². The highest BCUT2D eigenvalue weighted by atomic mass is 16.5. The first kappa shape index (κ1) is 17.6. The summed E-state index contributed by atoms with van der Waals surface area (Å²) in [5, 5.41) is 6.65. The van der Waals surface area contributed by atoms with E-state index in [2.05, 4.69) is 27.8 Å². The van der Waals surface area contributed by atoms with Crippen molar-refractivity contribution in [3.8, 4) is 5.75 Å². The summed E-state index contributed by atoms with van der Waals surface area (Å²) in [6.07, 6.45) is 4.66. The molecule has 0 saturated heterocycles. The lowest BCUT2D eigenvalue weighted by molar-refractivity contribution is 0.123. The third kappa shape index (κ3) is 7.37. The van der Waals surface area contributed by atoms with Crippen LogP contribution in [0.5, 0.6) is 5.75 Å².